The van der Waals surface area contributed by atoms with Gasteiger partial charge in [-0.25, -0.2) is 0 Å². The van der Waals surface area contributed by atoms with Crippen LogP contribution in [0.3, 0.4) is 0 Å². The number of ketones is 3. The molecule has 42 heavy (non-hydrogen) atoms. The standard InChI is InChI=1S/C35H54O6Si/c1-22(2)15-16-27-29(38)35(28(37)24(5)6)31(39)34(19-17-23(3)4,30(27)41-25(7)36)21-26(33(35,11)12)18-20-40-42(13,14)32(8,9)10/h15,17-18,24H,16,19-21H2,1-14H3/b26-18+/t34-,35+/m0/s1. The number of hydrogen-bond acceptors (Lipinski definition) is 6. The molecule has 0 radical (unpaired) electrons. The minimum Gasteiger partial charge on any atom is -0.430 e. The van der Waals surface area contributed by atoms with Crippen molar-refractivity contribution in [2.45, 2.75) is 120 Å². The lowest BCUT2D eigenvalue weighted by molar-refractivity contribution is -0.168. The monoisotopic (exact) mass is 598 g/mol. The van der Waals surface area contributed by atoms with E-state index in [1.54, 1.807) is 13.8 Å². The minimum atomic E-state index is -2.11. The number of fused-ring (bicyclic) bond motifs is 2. The van der Waals surface area contributed by atoms with Crippen molar-refractivity contribution in [1.29, 1.82) is 0 Å². The number of carbonyl (C=O) groups excluding carboxylic acids is 4. The first-order valence-electron chi connectivity index (χ1n) is 15.2. The Bertz CT molecular complexity index is 1260. The second-order valence-corrected chi connectivity index (χ2v) is 19.8. The smallest absolute Gasteiger partial charge is 0.307 e. The third-order valence-corrected chi connectivity index (χ3v) is 14.1. The first-order valence-corrected chi connectivity index (χ1v) is 18.1. The number of carbonyl (C=O) groups is 4. The zero-order valence-corrected chi connectivity index (χ0v) is 29.6. The molecular formula is C35H54O6Si. The van der Waals surface area contributed by atoms with Crippen molar-refractivity contribution in [3.05, 3.63) is 46.3 Å². The number of esters is 1. The number of ether oxygens (including phenoxy) is 1. The number of allylic oxidation sites excluding steroid dienone is 7. The third kappa shape index (κ3) is 6.14. The molecule has 0 aromatic carbocycles. The van der Waals surface area contributed by atoms with E-state index in [4.69, 9.17) is 9.16 Å². The summed E-state index contributed by atoms with van der Waals surface area (Å²) in [7, 11) is -2.11. The molecule has 0 N–H and O–H groups in total. The molecule has 0 aromatic heterocycles. The largest absolute Gasteiger partial charge is 0.430 e. The van der Waals surface area contributed by atoms with Crippen molar-refractivity contribution in [2.75, 3.05) is 6.61 Å². The van der Waals surface area contributed by atoms with Gasteiger partial charge in [0.15, 0.2) is 31.1 Å². The molecule has 0 unspecified atom stereocenters. The summed E-state index contributed by atoms with van der Waals surface area (Å²) in [6, 6.07) is 0. The number of Topliss-reactive ketones (excluding diaryl/α,β-unsaturated/α-hetero) is 3. The Morgan fingerprint density at radius 1 is 0.976 bits per heavy atom. The minimum absolute atomic E-state index is 0.000589. The van der Waals surface area contributed by atoms with Gasteiger partial charge in [-0.05, 0) is 65.1 Å². The molecule has 2 bridgehead atoms. The predicted molar refractivity (Wildman–Crippen MR) is 171 cm³/mol. The van der Waals surface area contributed by atoms with Gasteiger partial charge in [-0.3, -0.25) is 19.2 Å². The molecule has 234 valence electrons. The van der Waals surface area contributed by atoms with Gasteiger partial charge in [0.1, 0.15) is 5.76 Å². The molecular weight excluding hydrogens is 544 g/mol. The highest BCUT2D eigenvalue weighted by atomic mass is 28.4. The Morgan fingerprint density at radius 3 is 1.98 bits per heavy atom. The maximum Gasteiger partial charge on any atom is 0.307 e. The van der Waals surface area contributed by atoms with Crippen LogP contribution in [0.15, 0.2) is 46.3 Å². The second-order valence-electron chi connectivity index (χ2n) is 15.0. The van der Waals surface area contributed by atoms with Crippen LogP contribution in [0.4, 0.5) is 0 Å². The van der Waals surface area contributed by atoms with Gasteiger partial charge >= 0.3 is 5.97 Å². The Labute approximate surface area is 255 Å². The molecule has 0 heterocycles. The van der Waals surface area contributed by atoms with E-state index in [0.717, 1.165) is 16.7 Å². The van der Waals surface area contributed by atoms with E-state index in [0.29, 0.717) is 6.61 Å². The molecule has 0 aromatic rings. The fourth-order valence-corrected chi connectivity index (χ4v) is 6.92. The molecule has 0 aliphatic heterocycles. The average molecular weight is 599 g/mol. The van der Waals surface area contributed by atoms with Gasteiger partial charge < -0.3 is 9.16 Å². The summed E-state index contributed by atoms with van der Waals surface area (Å²) in [5, 5.41) is 0.000589. The zero-order valence-electron chi connectivity index (χ0n) is 28.6. The lowest BCUT2D eigenvalue weighted by atomic mass is 9.41. The molecule has 1 saturated carbocycles. The second kappa shape index (κ2) is 12.3. The van der Waals surface area contributed by atoms with Crippen LogP contribution >= 0.6 is 0 Å². The first kappa shape index (κ1) is 35.8. The Balaban J connectivity index is 3.07. The van der Waals surface area contributed by atoms with Crippen LogP contribution in [-0.4, -0.2) is 38.2 Å². The van der Waals surface area contributed by atoms with Crippen molar-refractivity contribution >= 4 is 31.6 Å². The van der Waals surface area contributed by atoms with E-state index >= 15 is 4.79 Å². The van der Waals surface area contributed by atoms with Gasteiger partial charge in [-0.2, -0.15) is 0 Å². The summed E-state index contributed by atoms with van der Waals surface area (Å²) in [5.74, 6) is -2.47. The summed E-state index contributed by atoms with van der Waals surface area (Å²) >= 11 is 0. The fourth-order valence-electron chi connectivity index (χ4n) is 5.99. The molecule has 2 atom stereocenters. The van der Waals surface area contributed by atoms with Crippen LogP contribution in [0.2, 0.25) is 18.1 Å². The van der Waals surface area contributed by atoms with Gasteiger partial charge in [0.25, 0.3) is 0 Å². The van der Waals surface area contributed by atoms with E-state index in [9.17, 15) is 14.4 Å². The van der Waals surface area contributed by atoms with Crippen molar-refractivity contribution in [2.24, 2.45) is 22.2 Å². The van der Waals surface area contributed by atoms with Crippen LogP contribution in [0, 0.1) is 22.2 Å². The highest BCUT2D eigenvalue weighted by Gasteiger charge is 2.74. The lowest BCUT2D eigenvalue weighted by Gasteiger charge is -2.58. The van der Waals surface area contributed by atoms with Crippen LogP contribution in [0.5, 0.6) is 0 Å². The van der Waals surface area contributed by atoms with Crippen molar-refractivity contribution in [1.82, 2.24) is 0 Å². The summed E-state index contributed by atoms with van der Waals surface area (Å²) in [4.78, 5) is 56.9. The van der Waals surface area contributed by atoms with Crippen LogP contribution < -0.4 is 0 Å². The third-order valence-electron chi connectivity index (χ3n) is 9.62. The van der Waals surface area contributed by atoms with E-state index < -0.39 is 53.8 Å². The summed E-state index contributed by atoms with van der Waals surface area (Å²) in [5.41, 5.74) is -1.45. The average Bonchev–Trinajstić information content (AvgIpc) is 2.82. The zero-order chi connectivity index (χ0) is 32.6. The van der Waals surface area contributed by atoms with Gasteiger partial charge in [-0.1, -0.05) is 83.4 Å². The van der Waals surface area contributed by atoms with Crippen LogP contribution in [0.1, 0.15) is 102 Å². The predicted octanol–water partition coefficient (Wildman–Crippen LogP) is 8.24. The highest BCUT2D eigenvalue weighted by molar-refractivity contribution is 6.74. The number of hydrogen-bond donors (Lipinski definition) is 0. The van der Waals surface area contributed by atoms with Crippen molar-refractivity contribution in [3.8, 4) is 0 Å². The van der Waals surface area contributed by atoms with Gasteiger partial charge in [0.2, 0.25) is 0 Å². The lowest BCUT2D eigenvalue weighted by Crippen LogP contribution is -2.68. The molecule has 0 saturated heterocycles. The molecule has 0 spiro atoms. The van der Waals surface area contributed by atoms with E-state index in [-0.39, 0.29) is 35.6 Å². The molecule has 2 aliphatic rings. The summed E-state index contributed by atoms with van der Waals surface area (Å²) in [6.45, 7) is 27.4. The maximum atomic E-state index is 15.1. The van der Waals surface area contributed by atoms with Gasteiger partial charge in [0.05, 0.1) is 12.0 Å². The fraction of sp³-hybridized carbons (Fsp3) is 0.657. The molecule has 6 nitrogen and oxygen atoms in total. The molecule has 2 aliphatic carbocycles. The van der Waals surface area contributed by atoms with Crippen LogP contribution in [0.25, 0.3) is 0 Å². The van der Waals surface area contributed by atoms with Crippen molar-refractivity contribution in [3.63, 3.8) is 0 Å². The molecule has 2 rings (SSSR count). The van der Waals surface area contributed by atoms with Gasteiger partial charge in [0, 0.05) is 23.8 Å². The molecule has 0 amide bonds. The highest BCUT2D eigenvalue weighted by Crippen LogP contribution is 2.65. The number of rotatable bonds is 10. The summed E-state index contributed by atoms with van der Waals surface area (Å²) in [6.07, 6.45) is 6.43. The first-order chi connectivity index (χ1) is 19.0. The van der Waals surface area contributed by atoms with Crippen molar-refractivity contribution < 1.29 is 28.3 Å². The Kier molecular flexibility index (Phi) is 10.5. The topological polar surface area (TPSA) is 86.7 Å². The summed E-state index contributed by atoms with van der Waals surface area (Å²) < 4.78 is 12.4. The quantitative estimate of drug-likeness (QED) is 0.109. The molecule has 7 heteroatoms. The van der Waals surface area contributed by atoms with E-state index in [2.05, 4.69) is 33.9 Å². The van der Waals surface area contributed by atoms with E-state index in [1.165, 1.54) is 6.92 Å². The SMILES string of the molecule is CC(=O)OC1=C(CC=C(C)C)C(=O)[C@]2(C(=O)C(C)C)C(=O)[C@@]1(CC=C(C)C)C/C(=C\CO[Si](C)(C)C(C)(C)C)C2(C)C. The van der Waals surface area contributed by atoms with Crippen LogP contribution in [-0.2, 0) is 28.3 Å². The van der Waals surface area contributed by atoms with E-state index in [1.807, 2.05) is 59.8 Å². The Hall–Kier alpha value is -2.38. The normalized spacial score (nSPS) is 25.1. The Morgan fingerprint density at radius 2 is 1.52 bits per heavy atom. The maximum absolute atomic E-state index is 15.1. The molecule has 1 fully saturated rings. The van der Waals surface area contributed by atoms with Gasteiger partial charge in [-0.15, -0.1) is 0 Å².